The molecule has 9 aromatic rings. The van der Waals surface area contributed by atoms with Crippen LogP contribution in [0.1, 0.15) is 158 Å². The number of ether oxygens (including phenoxy) is 1. The van der Waals surface area contributed by atoms with Crippen molar-refractivity contribution in [1.82, 2.24) is 4.57 Å². The van der Waals surface area contributed by atoms with Gasteiger partial charge in [0, 0.05) is 73.7 Å². The Bertz CT molecular complexity index is 4480. The number of unbranched alkanes of at least 4 members (excludes halogenated alkanes) is 8. The van der Waals surface area contributed by atoms with Crippen LogP contribution < -0.4 is 4.90 Å². The second-order valence-electron chi connectivity index (χ2n) is 26.9. The van der Waals surface area contributed by atoms with Gasteiger partial charge in [-0.3, -0.25) is 4.79 Å². The highest BCUT2D eigenvalue weighted by atomic mass is 32.1. The van der Waals surface area contributed by atoms with Gasteiger partial charge in [0.15, 0.2) is 5.71 Å². The molecular weight excluding hydrogens is 1170 g/mol. The number of anilines is 3. The Labute approximate surface area is 550 Å². The lowest BCUT2D eigenvalue weighted by atomic mass is 9.78. The van der Waals surface area contributed by atoms with Gasteiger partial charge >= 0.3 is 5.97 Å². The van der Waals surface area contributed by atoms with Crippen molar-refractivity contribution in [1.29, 1.82) is 5.26 Å². The molecule has 0 bridgehead atoms. The molecule has 10 heteroatoms. The van der Waals surface area contributed by atoms with Crippen molar-refractivity contribution >= 4 is 74.5 Å². The summed E-state index contributed by atoms with van der Waals surface area (Å²) < 4.78 is 9.84. The lowest BCUT2D eigenvalue weighted by molar-refractivity contribution is -0.438. The van der Waals surface area contributed by atoms with Crippen molar-refractivity contribution in [3.63, 3.8) is 0 Å². The van der Waals surface area contributed by atoms with Crippen LogP contribution in [0.25, 0.3) is 65.4 Å². The number of ketones is 1. The van der Waals surface area contributed by atoms with Crippen LogP contribution in [-0.2, 0) is 37.6 Å². The maximum absolute atomic E-state index is 14.6. The number of carbonyl (C=O) groups is 2. The van der Waals surface area contributed by atoms with Gasteiger partial charge in [-0.05, 0) is 173 Å². The molecule has 6 aromatic carbocycles. The number of aliphatic hydroxyl groups excluding tert-OH is 1. The second kappa shape index (κ2) is 25.0. The van der Waals surface area contributed by atoms with Gasteiger partial charge in [-0.15, -0.1) is 22.7 Å². The number of hydrogen-bond acceptors (Lipinski definition) is 8. The molecule has 3 aliphatic carbocycles. The number of aromatic nitrogens is 1. The lowest BCUT2D eigenvalue weighted by Gasteiger charge is -2.30. The Morgan fingerprint density at radius 1 is 0.587 bits per heavy atom. The number of aliphatic hydroxyl groups is 1. The zero-order valence-corrected chi connectivity index (χ0v) is 56.1. The zero-order valence-electron chi connectivity index (χ0n) is 54.5. The Morgan fingerprint density at radius 3 is 1.78 bits per heavy atom. The van der Waals surface area contributed by atoms with Crippen LogP contribution in [0.3, 0.4) is 0 Å². The SMILES string of the molecule is CCCCCCCC[N+]1=C(/C=C2/C(=O)C(c3ccc(-c4ccc(-c5ccc(N(c6ccc7c(c6)C(C)(C)c6ccccc6-7)c6ccc7c(c6)C(C)(C)c6ccccc6-7)cc5)s4)n3C)=C2O)C(C)(C)c2cc(-c3ccc(/C=C(\C#N)C(=O)OCCCCCC)s3)ccc21. The maximum Gasteiger partial charge on any atom is 0.348 e. The lowest BCUT2D eigenvalue weighted by Crippen LogP contribution is -2.31. The standard InChI is InChI=1S/C82H80N4O4S2/c1-10-12-14-16-17-22-44-85-69-38-30-53(73-41-35-58(91-73)46-54(51-83)79(89)90-45-23-15-13-11-2)47-68(69)82(7,8)75(85)50-63-77(87)76(78(63)88)71-40-39-70(84(71)9)74-43-42-72(92-74)52-28-31-55(32-29-52)86(56-33-36-61-59-24-18-20-26-64(59)80(3,4)66(61)48-56)57-34-37-62-60-25-19-21-27-65(60)81(5,6)67(62)49-57/h18-21,24-43,46-50H,10-17,22-23,44-45H2,1-9H3/p+1/b54-46+. The normalized spacial score (nSPS) is 15.9. The van der Waals surface area contributed by atoms with Crippen molar-refractivity contribution in [3.8, 4) is 59.8 Å². The number of rotatable bonds is 22. The average Bonchev–Trinajstić information content (AvgIpc) is 1.26. The highest BCUT2D eigenvalue weighted by Crippen LogP contribution is 2.54. The first-order valence-electron chi connectivity index (χ1n) is 33.0. The molecule has 0 atom stereocenters. The summed E-state index contributed by atoms with van der Waals surface area (Å²) in [4.78, 5) is 33.9. The maximum atomic E-state index is 14.6. The van der Waals surface area contributed by atoms with Crippen LogP contribution in [0.5, 0.6) is 0 Å². The van der Waals surface area contributed by atoms with Gasteiger partial charge in [0.25, 0.3) is 0 Å². The summed E-state index contributed by atoms with van der Waals surface area (Å²) in [6, 6.07) is 61.6. The van der Waals surface area contributed by atoms with E-state index >= 15 is 0 Å². The predicted octanol–water partition coefficient (Wildman–Crippen LogP) is 21.5. The van der Waals surface area contributed by atoms with E-state index in [9.17, 15) is 20.0 Å². The summed E-state index contributed by atoms with van der Waals surface area (Å²) in [5.74, 6) is -0.747. The Kier molecular flexibility index (Phi) is 16.8. The quantitative estimate of drug-likeness (QED) is 0.0239. The van der Waals surface area contributed by atoms with Gasteiger partial charge in [-0.1, -0.05) is 159 Å². The fourth-order valence-electron chi connectivity index (χ4n) is 14.7. The minimum absolute atomic E-state index is 0.0104. The van der Waals surface area contributed by atoms with Gasteiger partial charge in [-0.2, -0.15) is 9.84 Å². The van der Waals surface area contributed by atoms with Gasteiger partial charge in [0.2, 0.25) is 11.5 Å². The molecule has 0 spiro atoms. The molecule has 464 valence electrons. The molecule has 4 aliphatic rings. The van der Waals surface area contributed by atoms with Crippen molar-refractivity contribution in [2.75, 3.05) is 18.1 Å². The van der Waals surface area contributed by atoms with E-state index in [4.69, 9.17) is 4.74 Å². The van der Waals surface area contributed by atoms with E-state index in [2.05, 4.69) is 217 Å². The van der Waals surface area contributed by atoms with Crippen molar-refractivity contribution < 1.29 is 24.0 Å². The highest BCUT2D eigenvalue weighted by Gasteiger charge is 2.47. The number of fused-ring (bicyclic) bond motifs is 7. The smallest absolute Gasteiger partial charge is 0.348 e. The third-order valence-corrected chi connectivity index (χ3v) is 22.2. The minimum atomic E-state index is -0.590. The molecule has 92 heavy (non-hydrogen) atoms. The van der Waals surface area contributed by atoms with E-state index in [1.165, 1.54) is 81.5 Å². The highest BCUT2D eigenvalue weighted by molar-refractivity contribution is 7.18. The molecule has 8 nitrogen and oxygen atoms in total. The third kappa shape index (κ3) is 10.9. The largest absolute Gasteiger partial charge is 0.506 e. The number of esters is 1. The van der Waals surface area contributed by atoms with E-state index in [0.29, 0.717) is 23.4 Å². The van der Waals surface area contributed by atoms with Crippen LogP contribution >= 0.6 is 22.7 Å². The van der Waals surface area contributed by atoms with E-state index in [0.717, 1.165) is 115 Å². The Morgan fingerprint density at radius 2 is 1.14 bits per heavy atom. The molecule has 0 saturated carbocycles. The number of nitriles is 1. The van der Waals surface area contributed by atoms with Crippen LogP contribution in [0.2, 0.25) is 0 Å². The fraction of sp³-hybridized carbons (Fsp3) is 0.293. The number of Topliss-reactive ketones (excluding diaryl/α,β-unsaturated/α-hetero) is 1. The number of hydrogen-bond donors (Lipinski definition) is 1. The van der Waals surface area contributed by atoms with E-state index in [1.54, 1.807) is 17.4 Å². The minimum Gasteiger partial charge on any atom is -0.506 e. The number of carbonyl (C=O) groups excluding carboxylic acids is 2. The molecule has 0 amide bonds. The summed E-state index contributed by atoms with van der Waals surface area (Å²) in [5, 5.41) is 22.0. The van der Waals surface area contributed by atoms with Crippen LogP contribution in [0, 0.1) is 11.3 Å². The van der Waals surface area contributed by atoms with Gasteiger partial charge in [0.1, 0.15) is 23.9 Å². The molecule has 1 aliphatic heterocycles. The topological polar surface area (TPSA) is 98.6 Å². The Hall–Kier alpha value is -8.88. The zero-order chi connectivity index (χ0) is 64.2. The molecule has 0 saturated heterocycles. The molecule has 3 aromatic heterocycles. The van der Waals surface area contributed by atoms with Crippen LogP contribution in [-0.4, -0.2) is 44.9 Å². The summed E-state index contributed by atoms with van der Waals surface area (Å²) in [6.07, 6.45) is 14.4. The van der Waals surface area contributed by atoms with E-state index < -0.39 is 11.4 Å². The average molecular weight is 1250 g/mol. The predicted molar refractivity (Wildman–Crippen MR) is 381 cm³/mol. The molecule has 13 rings (SSSR count). The van der Waals surface area contributed by atoms with Crippen molar-refractivity contribution in [3.05, 3.63) is 225 Å². The monoisotopic (exact) mass is 1250 g/mol. The molecular formula is C82H81N4O4S2+. The molecule has 0 unspecified atom stereocenters. The number of thiophene rings is 2. The third-order valence-electron chi connectivity index (χ3n) is 19.9. The molecule has 1 N–H and O–H groups in total. The summed E-state index contributed by atoms with van der Waals surface area (Å²) in [6.45, 7) is 19.3. The van der Waals surface area contributed by atoms with Gasteiger partial charge in [-0.25, -0.2) is 4.79 Å². The molecule has 0 fully saturated rings. The fourth-order valence-corrected chi connectivity index (χ4v) is 16.7. The van der Waals surface area contributed by atoms with Gasteiger partial charge < -0.3 is 19.3 Å². The van der Waals surface area contributed by atoms with E-state index in [1.807, 2.05) is 35.9 Å². The van der Waals surface area contributed by atoms with Crippen LogP contribution in [0.15, 0.2) is 187 Å². The first kappa shape index (κ1) is 62.0. The van der Waals surface area contributed by atoms with Crippen LogP contribution in [0.4, 0.5) is 22.7 Å². The van der Waals surface area contributed by atoms with E-state index in [-0.39, 0.29) is 27.9 Å². The number of allylic oxidation sites excluding steroid dienone is 3. The first-order chi connectivity index (χ1) is 44.4. The van der Waals surface area contributed by atoms with Crippen molar-refractivity contribution in [2.45, 2.75) is 136 Å². The first-order valence-corrected chi connectivity index (χ1v) is 34.6. The van der Waals surface area contributed by atoms with Crippen molar-refractivity contribution in [2.24, 2.45) is 7.05 Å². The summed E-state index contributed by atoms with van der Waals surface area (Å²) >= 11 is 3.24. The molecule has 4 heterocycles. The Balaban J connectivity index is 0.765. The molecule has 0 radical (unpaired) electrons. The summed E-state index contributed by atoms with van der Waals surface area (Å²) in [5.41, 5.74) is 20.7. The number of benzene rings is 6. The summed E-state index contributed by atoms with van der Waals surface area (Å²) in [7, 11) is 1.98. The number of nitrogens with zero attached hydrogens (tertiary/aromatic N) is 4. The second-order valence-corrected chi connectivity index (χ2v) is 29.0. The van der Waals surface area contributed by atoms with Gasteiger partial charge in [0.05, 0.1) is 39.4 Å².